The van der Waals surface area contributed by atoms with Crippen LogP contribution in [-0.2, 0) is 11.2 Å². The van der Waals surface area contributed by atoms with Crippen LogP contribution in [0.15, 0.2) is 6.07 Å². The number of aromatic nitrogens is 2. The second kappa shape index (κ2) is 6.77. The Balaban J connectivity index is 2.23. The van der Waals surface area contributed by atoms with E-state index in [-0.39, 0.29) is 5.91 Å². The number of anilines is 1. The summed E-state index contributed by atoms with van der Waals surface area (Å²) in [5.41, 5.74) is 1.03. The molecule has 1 N–H and O–H groups in total. The van der Waals surface area contributed by atoms with E-state index in [0.29, 0.717) is 34.2 Å². The van der Waals surface area contributed by atoms with Gasteiger partial charge in [-0.1, -0.05) is 11.4 Å². The molecular weight excluding hydrogens is 310 g/mol. The van der Waals surface area contributed by atoms with Crippen LogP contribution in [0, 0.1) is 6.92 Å². The highest BCUT2D eigenvalue weighted by Crippen LogP contribution is 2.29. The number of carbonyl (C=O) groups is 2. The summed E-state index contributed by atoms with van der Waals surface area (Å²) in [6, 6.07) is 1.71. The van der Waals surface area contributed by atoms with Crippen LogP contribution in [-0.4, -0.2) is 28.1 Å². The maximum Gasteiger partial charge on any atom is 0.341 e. The number of nitrogens with one attached hydrogen (secondary N) is 1. The number of carbonyl (C=O) groups excluding carboxylic acids is 2. The van der Waals surface area contributed by atoms with Crippen LogP contribution in [0.5, 0.6) is 0 Å². The maximum atomic E-state index is 12.3. The van der Waals surface area contributed by atoms with Crippen molar-refractivity contribution in [1.82, 2.24) is 9.59 Å². The lowest BCUT2D eigenvalue weighted by molar-refractivity contribution is 0.0528. The van der Waals surface area contributed by atoms with Crippen molar-refractivity contribution in [3.63, 3.8) is 0 Å². The minimum absolute atomic E-state index is 0.292. The predicted molar refractivity (Wildman–Crippen MR) is 82.3 cm³/mol. The van der Waals surface area contributed by atoms with E-state index in [1.54, 1.807) is 13.0 Å². The fraction of sp³-hybridized carbons (Fsp3) is 0.385. The molecule has 0 bridgehead atoms. The van der Waals surface area contributed by atoms with Gasteiger partial charge in [-0.15, -0.1) is 16.4 Å². The normalized spacial score (nSPS) is 10.4. The number of thiophene rings is 1. The first-order chi connectivity index (χ1) is 10.1. The molecule has 112 valence electrons. The quantitative estimate of drug-likeness (QED) is 0.855. The Labute approximate surface area is 130 Å². The van der Waals surface area contributed by atoms with Gasteiger partial charge in [-0.05, 0) is 37.9 Å². The smallest absolute Gasteiger partial charge is 0.341 e. The van der Waals surface area contributed by atoms with Gasteiger partial charge in [0.2, 0.25) is 0 Å². The van der Waals surface area contributed by atoms with Gasteiger partial charge < -0.3 is 10.1 Å². The molecule has 2 aromatic rings. The van der Waals surface area contributed by atoms with Gasteiger partial charge >= 0.3 is 5.97 Å². The summed E-state index contributed by atoms with van der Waals surface area (Å²) in [6.07, 6.45) is 0.632. The topological polar surface area (TPSA) is 81.2 Å². The number of amides is 1. The third-order valence-electron chi connectivity index (χ3n) is 2.67. The molecule has 21 heavy (non-hydrogen) atoms. The van der Waals surface area contributed by atoms with Crippen molar-refractivity contribution in [2.75, 3.05) is 11.9 Å². The van der Waals surface area contributed by atoms with E-state index in [1.165, 1.54) is 11.3 Å². The lowest BCUT2D eigenvalue weighted by Gasteiger charge is -2.05. The van der Waals surface area contributed by atoms with Crippen molar-refractivity contribution in [3.8, 4) is 0 Å². The predicted octanol–water partition coefficient (Wildman–Crippen LogP) is 2.90. The number of hydrogen-bond acceptors (Lipinski definition) is 7. The number of nitrogens with zero attached hydrogens (tertiary/aromatic N) is 2. The molecule has 0 fully saturated rings. The molecule has 2 rings (SSSR count). The molecule has 6 nitrogen and oxygen atoms in total. The third kappa shape index (κ3) is 3.45. The number of aryl methyl sites for hydroxylation is 2. The Morgan fingerprint density at radius 1 is 1.38 bits per heavy atom. The van der Waals surface area contributed by atoms with Crippen LogP contribution in [0.2, 0.25) is 0 Å². The van der Waals surface area contributed by atoms with Gasteiger partial charge in [0.25, 0.3) is 5.91 Å². The van der Waals surface area contributed by atoms with Crippen molar-refractivity contribution < 1.29 is 14.3 Å². The van der Waals surface area contributed by atoms with Gasteiger partial charge in [0, 0.05) is 4.88 Å². The minimum Gasteiger partial charge on any atom is -0.462 e. The van der Waals surface area contributed by atoms with Crippen molar-refractivity contribution in [3.05, 3.63) is 27.1 Å². The van der Waals surface area contributed by atoms with Crippen LogP contribution < -0.4 is 5.32 Å². The number of rotatable bonds is 5. The molecule has 1 amide bonds. The van der Waals surface area contributed by atoms with E-state index in [4.69, 9.17) is 4.74 Å². The Hall–Kier alpha value is -1.80. The van der Waals surface area contributed by atoms with Crippen molar-refractivity contribution >= 4 is 39.7 Å². The van der Waals surface area contributed by atoms with E-state index in [1.807, 2.05) is 13.8 Å². The summed E-state index contributed by atoms with van der Waals surface area (Å²) in [4.78, 5) is 25.5. The number of hydrogen-bond donors (Lipinski definition) is 1. The lowest BCUT2D eigenvalue weighted by atomic mass is 10.2. The van der Waals surface area contributed by atoms with Gasteiger partial charge in [0.1, 0.15) is 9.88 Å². The second-order valence-corrected chi connectivity index (χ2v) is 6.19. The average molecular weight is 325 g/mol. The van der Waals surface area contributed by atoms with Gasteiger partial charge in [0.05, 0.1) is 17.9 Å². The van der Waals surface area contributed by atoms with Crippen molar-refractivity contribution in [2.24, 2.45) is 0 Å². The zero-order valence-electron chi connectivity index (χ0n) is 11.9. The lowest BCUT2D eigenvalue weighted by Crippen LogP contribution is -2.14. The van der Waals surface area contributed by atoms with E-state index in [2.05, 4.69) is 14.9 Å². The first-order valence-electron chi connectivity index (χ1n) is 6.46. The highest BCUT2D eigenvalue weighted by Gasteiger charge is 2.21. The zero-order valence-corrected chi connectivity index (χ0v) is 13.6. The molecule has 0 aliphatic heterocycles. The van der Waals surface area contributed by atoms with Gasteiger partial charge in [-0.2, -0.15) is 0 Å². The van der Waals surface area contributed by atoms with Gasteiger partial charge in [-0.25, -0.2) is 4.79 Å². The molecule has 8 heteroatoms. The largest absolute Gasteiger partial charge is 0.462 e. The average Bonchev–Trinajstić information content (AvgIpc) is 3.05. The van der Waals surface area contributed by atoms with Crippen molar-refractivity contribution in [1.29, 1.82) is 0 Å². The highest BCUT2D eigenvalue weighted by molar-refractivity contribution is 7.16. The monoisotopic (exact) mass is 325 g/mol. The Kier molecular flexibility index (Phi) is 5.03. The summed E-state index contributed by atoms with van der Waals surface area (Å²) in [5.74, 6) is -0.732. The first-order valence-corrected chi connectivity index (χ1v) is 8.05. The Morgan fingerprint density at radius 3 is 2.81 bits per heavy atom. The molecule has 0 radical (unpaired) electrons. The molecule has 0 aliphatic carbocycles. The SMILES string of the molecule is CCOC(=O)c1cc(C)sc1NC(=O)c1snnc1CC. The molecule has 0 saturated heterocycles. The summed E-state index contributed by atoms with van der Waals surface area (Å²) in [6.45, 7) is 5.81. The highest BCUT2D eigenvalue weighted by atomic mass is 32.1. The van der Waals surface area contributed by atoms with Gasteiger partial charge in [0.15, 0.2) is 0 Å². The molecule has 2 heterocycles. The standard InChI is InChI=1S/C13H15N3O3S2/c1-4-9-10(21-16-15-9)11(17)14-12-8(6-7(3)20-12)13(18)19-5-2/h6H,4-5H2,1-3H3,(H,14,17). The van der Waals surface area contributed by atoms with Crippen LogP contribution in [0.3, 0.4) is 0 Å². The molecular formula is C13H15N3O3S2. The van der Waals surface area contributed by atoms with E-state index < -0.39 is 5.97 Å². The molecule has 0 unspecified atom stereocenters. The molecule has 0 spiro atoms. The summed E-state index contributed by atoms with van der Waals surface area (Å²) in [5, 5.41) is 7.16. The van der Waals surface area contributed by atoms with Crippen LogP contribution in [0.1, 0.15) is 44.4 Å². The minimum atomic E-state index is -0.435. The molecule has 0 atom stereocenters. The fourth-order valence-electron chi connectivity index (χ4n) is 1.74. The number of ether oxygens (including phenoxy) is 1. The molecule has 2 aromatic heterocycles. The summed E-state index contributed by atoms with van der Waals surface area (Å²) >= 11 is 2.39. The Morgan fingerprint density at radius 2 is 2.14 bits per heavy atom. The van der Waals surface area contributed by atoms with Crippen molar-refractivity contribution in [2.45, 2.75) is 27.2 Å². The maximum absolute atomic E-state index is 12.3. The van der Waals surface area contributed by atoms with Crippen LogP contribution in [0.4, 0.5) is 5.00 Å². The first kappa shape index (κ1) is 15.6. The van der Waals surface area contributed by atoms with E-state index >= 15 is 0 Å². The second-order valence-electron chi connectivity index (χ2n) is 4.18. The summed E-state index contributed by atoms with van der Waals surface area (Å²) in [7, 11) is 0. The van der Waals surface area contributed by atoms with Gasteiger partial charge in [-0.3, -0.25) is 4.79 Å². The fourth-order valence-corrected chi connectivity index (χ4v) is 3.28. The van der Waals surface area contributed by atoms with Crippen LogP contribution >= 0.6 is 22.9 Å². The molecule has 0 saturated carbocycles. The summed E-state index contributed by atoms with van der Waals surface area (Å²) < 4.78 is 8.78. The zero-order chi connectivity index (χ0) is 15.4. The van der Waals surface area contributed by atoms with Crippen LogP contribution in [0.25, 0.3) is 0 Å². The molecule has 0 aromatic carbocycles. The van der Waals surface area contributed by atoms with E-state index in [9.17, 15) is 9.59 Å². The number of esters is 1. The Bertz CT molecular complexity index is 663. The van der Waals surface area contributed by atoms with E-state index in [0.717, 1.165) is 16.4 Å². The third-order valence-corrected chi connectivity index (χ3v) is 4.41. The molecule has 0 aliphatic rings.